The molecule has 3 atom stereocenters. The summed E-state index contributed by atoms with van der Waals surface area (Å²) >= 11 is 0. The number of primary amides is 1. The van der Waals surface area contributed by atoms with Crippen molar-refractivity contribution in [3.63, 3.8) is 0 Å². The zero-order valence-electron chi connectivity index (χ0n) is 16.0. The maximum absolute atomic E-state index is 12.3. The third kappa shape index (κ3) is 6.59. The molecule has 0 aromatic heterocycles. The summed E-state index contributed by atoms with van der Waals surface area (Å²) in [4.78, 5) is 59.7. The van der Waals surface area contributed by atoms with Crippen LogP contribution in [0.4, 0.5) is 0 Å². The van der Waals surface area contributed by atoms with Gasteiger partial charge < -0.3 is 26.4 Å². The average molecular weight is 404 g/mol. The second-order valence-electron chi connectivity index (χ2n) is 6.55. The Morgan fingerprint density at radius 1 is 1.10 bits per heavy atom. The SMILES string of the molecule is CCOC(=O)C[C@H](NC(=O)C[C@@H]1NC(=O)[C@H](Cc2ccccc2)NC1=O)C(N)=O. The number of amides is 4. The number of nitrogens with two attached hydrogens (primary N) is 1. The highest BCUT2D eigenvalue weighted by Crippen LogP contribution is 2.09. The molecule has 0 radical (unpaired) electrons. The lowest BCUT2D eigenvalue weighted by atomic mass is 10.0. The Labute approximate surface area is 167 Å². The van der Waals surface area contributed by atoms with Crippen molar-refractivity contribution < 1.29 is 28.7 Å². The standard InChI is InChI=1S/C19H24N4O6/c1-2-29-16(25)10-12(17(20)26)21-15(24)9-14-19(28)22-13(18(27)23-14)8-11-6-4-3-5-7-11/h3-7,12-14H,2,8-10H2,1H3,(H2,20,26)(H,21,24)(H,22,28)(H,23,27)/t12-,13-,14-/m0/s1. The number of rotatable bonds is 9. The summed E-state index contributed by atoms with van der Waals surface area (Å²) in [6.45, 7) is 1.72. The summed E-state index contributed by atoms with van der Waals surface area (Å²) in [5.74, 6) is -3.23. The molecule has 1 aromatic carbocycles. The summed E-state index contributed by atoms with van der Waals surface area (Å²) < 4.78 is 4.73. The fraction of sp³-hybridized carbons (Fsp3) is 0.421. The molecule has 1 heterocycles. The van der Waals surface area contributed by atoms with E-state index < -0.39 is 60.6 Å². The van der Waals surface area contributed by atoms with Crippen LogP contribution in [0, 0.1) is 0 Å². The number of ether oxygens (including phenoxy) is 1. The predicted octanol–water partition coefficient (Wildman–Crippen LogP) is -1.47. The topological polar surface area (TPSA) is 157 Å². The second kappa shape index (κ2) is 10.2. The minimum atomic E-state index is -1.27. The maximum Gasteiger partial charge on any atom is 0.308 e. The minimum absolute atomic E-state index is 0.122. The van der Waals surface area contributed by atoms with Gasteiger partial charge in [-0.1, -0.05) is 30.3 Å². The number of carbonyl (C=O) groups is 5. The van der Waals surface area contributed by atoms with Crippen LogP contribution >= 0.6 is 0 Å². The molecule has 10 nitrogen and oxygen atoms in total. The molecule has 156 valence electrons. The zero-order valence-corrected chi connectivity index (χ0v) is 16.0. The number of piperazine rings is 1. The summed E-state index contributed by atoms with van der Waals surface area (Å²) in [5.41, 5.74) is 6.07. The molecule has 1 aromatic rings. The fourth-order valence-corrected chi connectivity index (χ4v) is 2.86. The van der Waals surface area contributed by atoms with E-state index in [2.05, 4.69) is 16.0 Å². The molecule has 4 amide bonds. The molecule has 1 aliphatic heterocycles. The molecule has 1 aliphatic rings. The minimum Gasteiger partial charge on any atom is -0.466 e. The van der Waals surface area contributed by atoms with E-state index in [0.717, 1.165) is 5.56 Å². The van der Waals surface area contributed by atoms with Crippen LogP contribution in [0.15, 0.2) is 30.3 Å². The van der Waals surface area contributed by atoms with Gasteiger partial charge in [0, 0.05) is 6.42 Å². The van der Waals surface area contributed by atoms with Crippen molar-refractivity contribution in [1.29, 1.82) is 0 Å². The van der Waals surface area contributed by atoms with Gasteiger partial charge in [0.05, 0.1) is 19.4 Å². The highest BCUT2D eigenvalue weighted by molar-refractivity contribution is 5.99. The number of esters is 1. The molecule has 1 fully saturated rings. The Balaban J connectivity index is 1.90. The zero-order chi connectivity index (χ0) is 21.4. The van der Waals surface area contributed by atoms with Crippen LogP contribution in [0.3, 0.4) is 0 Å². The van der Waals surface area contributed by atoms with Gasteiger partial charge in [0.15, 0.2) is 0 Å². The molecule has 10 heteroatoms. The van der Waals surface area contributed by atoms with E-state index in [-0.39, 0.29) is 6.61 Å². The summed E-state index contributed by atoms with van der Waals surface area (Å²) in [5, 5.41) is 7.40. The maximum atomic E-state index is 12.3. The predicted molar refractivity (Wildman–Crippen MR) is 101 cm³/mol. The van der Waals surface area contributed by atoms with Gasteiger partial charge in [0.25, 0.3) is 0 Å². The van der Waals surface area contributed by atoms with Gasteiger partial charge in [-0.3, -0.25) is 24.0 Å². The van der Waals surface area contributed by atoms with Crippen LogP contribution in [-0.2, 0) is 35.1 Å². The van der Waals surface area contributed by atoms with Crippen molar-refractivity contribution in [2.24, 2.45) is 5.73 Å². The van der Waals surface area contributed by atoms with Gasteiger partial charge in [-0.05, 0) is 12.5 Å². The van der Waals surface area contributed by atoms with Crippen molar-refractivity contribution in [1.82, 2.24) is 16.0 Å². The van der Waals surface area contributed by atoms with Crippen LogP contribution < -0.4 is 21.7 Å². The van der Waals surface area contributed by atoms with Gasteiger partial charge in [0.1, 0.15) is 18.1 Å². The quantitative estimate of drug-likeness (QED) is 0.368. The molecule has 2 rings (SSSR count). The molecule has 0 bridgehead atoms. The molecule has 0 saturated carbocycles. The van der Waals surface area contributed by atoms with Gasteiger partial charge in [-0.25, -0.2) is 0 Å². The van der Waals surface area contributed by atoms with E-state index in [1.165, 1.54) is 0 Å². The average Bonchev–Trinajstić information content (AvgIpc) is 2.66. The normalized spacial score (nSPS) is 19.5. The molecule has 1 saturated heterocycles. The van der Waals surface area contributed by atoms with E-state index in [9.17, 15) is 24.0 Å². The summed E-state index contributed by atoms with van der Waals surface area (Å²) in [6, 6.07) is 6.08. The van der Waals surface area contributed by atoms with E-state index in [0.29, 0.717) is 6.42 Å². The molecule has 0 spiro atoms. The third-order valence-corrected chi connectivity index (χ3v) is 4.29. The van der Waals surface area contributed by atoms with Gasteiger partial charge in [0.2, 0.25) is 23.6 Å². The van der Waals surface area contributed by atoms with E-state index in [1.54, 1.807) is 6.92 Å². The molecular formula is C19H24N4O6. The van der Waals surface area contributed by atoms with Crippen LogP contribution in [0.5, 0.6) is 0 Å². The van der Waals surface area contributed by atoms with E-state index in [4.69, 9.17) is 10.5 Å². The first-order chi connectivity index (χ1) is 13.8. The molecule has 29 heavy (non-hydrogen) atoms. The monoisotopic (exact) mass is 404 g/mol. The van der Waals surface area contributed by atoms with Crippen LogP contribution in [0.2, 0.25) is 0 Å². The number of nitrogens with one attached hydrogen (secondary N) is 3. The van der Waals surface area contributed by atoms with Gasteiger partial charge >= 0.3 is 5.97 Å². The van der Waals surface area contributed by atoms with Crippen molar-refractivity contribution in [3.8, 4) is 0 Å². The lowest BCUT2D eigenvalue weighted by Gasteiger charge is -2.29. The van der Waals surface area contributed by atoms with Crippen LogP contribution in [-0.4, -0.2) is 54.3 Å². The Morgan fingerprint density at radius 3 is 2.34 bits per heavy atom. The largest absolute Gasteiger partial charge is 0.466 e. The highest BCUT2D eigenvalue weighted by Gasteiger charge is 2.35. The Bertz CT molecular complexity index is 782. The van der Waals surface area contributed by atoms with Crippen molar-refractivity contribution in [2.45, 2.75) is 44.3 Å². The molecular weight excluding hydrogens is 380 g/mol. The first kappa shape index (κ1) is 21.9. The van der Waals surface area contributed by atoms with Gasteiger partial charge in [-0.2, -0.15) is 0 Å². The van der Waals surface area contributed by atoms with Crippen LogP contribution in [0.1, 0.15) is 25.3 Å². The van der Waals surface area contributed by atoms with Gasteiger partial charge in [-0.15, -0.1) is 0 Å². The number of hydrogen-bond acceptors (Lipinski definition) is 6. The fourth-order valence-electron chi connectivity index (χ4n) is 2.86. The lowest BCUT2D eigenvalue weighted by molar-refractivity contribution is -0.145. The summed E-state index contributed by atoms with van der Waals surface area (Å²) in [7, 11) is 0. The molecule has 0 aliphatic carbocycles. The first-order valence-electron chi connectivity index (χ1n) is 9.19. The number of hydrogen-bond donors (Lipinski definition) is 4. The molecule has 5 N–H and O–H groups in total. The van der Waals surface area contributed by atoms with Crippen molar-refractivity contribution in [3.05, 3.63) is 35.9 Å². The number of benzene rings is 1. The van der Waals surface area contributed by atoms with E-state index >= 15 is 0 Å². The molecule has 0 unspecified atom stereocenters. The van der Waals surface area contributed by atoms with Crippen LogP contribution in [0.25, 0.3) is 0 Å². The smallest absolute Gasteiger partial charge is 0.308 e. The van der Waals surface area contributed by atoms with Crippen molar-refractivity contribution >= 4 is 29.6 Å². The second-order valence-corrected chi connectivity index (χ2v) is 6.55. The Morgan fingerprint density at radius 2 is 1.72 bits per heavy atom. The number of carbonyl (C=O) groups excluding carboxylic acids is 5. The Kier molecular flexibility index (Phi) is 7.70. The van der Waals surface area contributed by atoms with E-state index in [1.807, 2.05) is 30.3 Å². The third-order valence-electron chi connectivity index (χ3n) is 4.29. The van der Waals surface area contributed by atoms with Crippen molar-refractivity contribution in [2.75, 3.05) is 6.61 Å². The lowest BCUT2D eigenvalue weighted by Crippen LogP contribution is -2.63. The highest BCUT2D eigenvalue weighted by atomic mass is 16.5. The Hall–Kier alpha value is -3.43. The summed E-state index contributed by atoms with van der Waals surface area (Å²) in [6.07, 6.45) is -0.500. The first-order valence-corrected chi connectivity index (χ1v) is 9.19.